The molecule has 3 N–H and O–H groups in total. The predicted molar refractivity (Wildman–Crippen MR) is 116 cm³/mol. The van der Waals surface area contributed by atoms with E-state index in [-0.39, 0.29) is 29.2 Å². The van der Waals surface area contributed by atoms with Gasteiger partial charge in [-0.2, -0.15) is 13.1 Å². The molecular weight excluding hydrogens is 540 g/mol. The third-order valence-corrected chi connectivity index (χ3v) is 6.09. The first-order chi connectivity index (χ1) is 13.7. The van der Waals surface area contributed by atoms with Crippen LogP contribution in [0, 0.1) is 21.0 Å². The summed E-state index contributed by atoms with van der Waals surface area (Å²) < 4.78 is 72.9. The molecule has 0 unspecified atom stereocenters. The Balaban J connectivity index is 2.22. The summed E-state index contributed by atoms with van der Waals surface area (Å²) in [6.07, 6.45) is 0. The van der Waals surface area contributed by atoms with Crippen LogP contribution in [-0.2, 0) is 10.2 Å². The summed E-state index contributed by atoms with van der Waals surface area (Å²) in [7, 11) is -4.11. The third kappa shape index (κ3) is 4.99. The lowest BCUT2D eigenvalue weighted by molar-refractivity contribution is 0.512. The van der Waals surface area contributed by atoms with E-state index in [1.807, 2.05) is 22.6 Å². The van der Waals surface area contributed by atoms with Gasteiger partial charge in [0.05, 0.1) is 22.6 Å². The van der Waals surface area contributed by atoms with E-state index in [0.717, 1.165) is 6.07 Å². The molecule has 2 aromatic carbocycles. The Morgan fingerprint density at radius 3 is 2.52 bits per heavy atom. The van der Waals surface area contributed by atoms with Crippen molar-refractivity contribution < 1.29 is 21.6 Å². The van der Waals surface area contributed by atoms with Gasteiger partial charge in [-0.1, -0.05) is 6.92 Å². The number of benzene rings is 2. The second-order valence-corrected chi connectivity index (χ2v) is 9.16. The quantitative estimate of drug-likeness (QED) is 0.365. The normalized spacial score (nSPS) is 11.5. The van der Waals surface area contributed by atoms with Gasteiger partial charge in [0.2, 0.25) is 0 Å². The Morgan fingerprint density at radius 2 is 1.90 bits per heavy atom. The second-order valence-electron chi connectivity index (χ2n) is 5.70. The van der Waals surface area contributed by atoms with Crippen molar-refractivity contribution in [2.45, 2.75) is 6.92 Å². The Labute approximate surface area is 182 Å². The molecule has 0 atom stereocenters. The van der Waals surface area contributed by atoms with E-state index in [9.17, 15) is 21.6 Å². The molecule has 0 spiro atoms. The average Bonchev–Trinajstić information content (AvgIpc) is 3.17. The molecule has 0 saturated heterocycles. The maximum Gasteiger partial charge on any atom is 0.299 e. The van der Waals surface area contributed by atoms with E-state index in [1.54, 1.807) is 18.4 Å². The minimum Gasteiger partial charge on any atom is -0.349 e. The van der Waals surface area contributed by atoms with Crippen LogP contribution < -0.4 is 14.8 Å². The third-order valence-electron chi connectivity index (χ3n) is 3.69. The van der Waals surface area contributed by atoms with Gasteiger partial charge < -0.3 is 5.32 Å². The van der Waals surface area contributed by atoms with E-state index >= 15 is 0 Å². The predicted octanol–water partition coefficient (Wildman–Crippen LogP) is 4.84. The van der Waals surface area contributed by atoms with E-state index in [0.29, 0.717) is 3.57 Å². The summed E-state index contributed by atoms with van der Waals surface area (Å²) in [5.74, 6) is -3.32. The number of thiazole rings is 1. The fourth-order valence-corrected chi connectivity index (χ4v) is 4.42. The molecule has 3 aromatic rings. The summed E-state index contributed by atoms with van der Waals surface area (Å²) in [6, 6.07) is 4.94. The molecule has 154 valence electrons. The maximum absolute atomic E-state index is 14.7. The van der Waals surface area contributed by atoms with Crippen molar-refractivity contribution in [3.8, 4) is 11.3 Å². The zero-order chi connectivity index (χ0) is 21.2. The largest absolute Gasteiger partial charge is 0.349 e. The highest BCUT2D eigenvalue weighted by Gasteiger charge is 2.24. The van der Waals surface area contributed by atoms with Crippen molar-refractivity contribution in [2.75, 3.05) is 16.6 Å². The summed E-state index contributed by atoms with van der Waals surface area (Å²) in [5, 5.41) is 4.02. The van der Waals surface area contributed by atoms with Gasteiger partial charge in [-0.05, 0) is 46.9 Å². The first kappa shape index (κ1) is 21.8. The molecular formula is C17H14F3IN4O2S2. The van der Waals surface area contributed by atoms with Gasteiger partial charge in [-0.25, -0.2) is 18.2 Å². The van der Waals surface area contributed by atoms with Gasteiger partial charge in [0.15, 0.2) is 11.6 Å². The number of halogens is 4. The van der Waals surface area contributed by atoms with Crippen LogP contribution >= 0.6 is 33.9 Å². The number of nitrogens with one attached hydrogen (secondary N) is 3. The van der Waals surface area contributed by atoms with Gasteiger partial charge in [0, 0.05) is 21.1 Å². The smallest absolute Gasteiger partial charge is 0.299 e. The lowest BCUT2D eigenvalue weighted by Crippen LogP contribution is -2.30. The van der Waals surface area contributed by atoms with Crippen LogP contribution in [0.2, 0.25) is 0 Å². The van der Waals surface area contributed by atoms with Crippen LogP contribution in [0.1, 0.15) is 6.92 Å². The van der Waals surface area contributed by atoms with Crippen LogP contribution in [0.5, 0.6) is 0 Å². The van der Waals surface area contributed by atoms with Crippen LogP contribution in [0.4, 0.5) is 30.2 Å². The molecule has 0 amide bonds. The van der Waals surface area contributed by atoms with Crippen molar-refractivity contribution in [1.29, 1.82) is 0 Å². The second kappa shape index (κ2) is 8.85. The Hall–Kier alpha value is -1.90. The SMILES string of the molecule is CCNS(=O)(=O)Nc1c(-c2cscn2)cc(F)c(F)c1Nc1ccc(I)cc1F. The molecule has 0 aliphatic heterocycles. The van der Waals surface area contributed by atoms with Crippen LogP contribution in [0.15, 0.2) is 35.2 Å². The van der Waals surface area contributed by atoms with Gasteiger partial charge >= 0.3 is 0 Å². The summed E-state index contributed by atoms with van der Waals surface area (Å²) >= 11 is 3.10. The van der Waals surface area contributed by atoms with E-state index in [1.165, 1.54) is 29.0 Å². The monoisotopic (exact) mass is 554 g/mol. The topological polar surface area (TPSA) is 83.1 Å². The number of aromatic nitrogens is 1. The molecule has 0 saturated carbocycles. The fraction of sp³-hybridized carbons (Fsp3) is 0.118. The number of hydrogen-bond donors (Lipinski definition) is 3. The zero-order valence-electron chi connectivity index (χ0n) is 14.8. The summed E-state index contributed by atoms with van der Waals surface area (Å²) in [5.41, 5.74) is 0.686. The highest BCUT2D eigenvalue weighted by molar-refractivity contribution is 14.1. The summed E-state index contributed by atoms with van der Waals surface area (Å²) in [4.78, 5) is 4.04. The molecule has 1 heterocycles. The highest BCUT2D eigenvalue weighted by Crippen LogP contribution is 2.40. The minimum atomic E-state index is -4.11. The van der Waals surface area contributed by atoms with Gasteiger partial charge in [0.1, 0.15) is 11.5 Å². The molecule has 0 fully saturated rings. The van der Waals surface area contributed by atoms with E-state index < -0.39 is 33.3 Å². The fourth-order valence-electron chi connectivity index (χ4n) is 2.48. The molecule has 0 aliphatic carbocycles. The average molecular weight is 554 g/mol. The molecule has 0 bridgehead atoms. The van der Waals surface area contributed by atoms with E-state index in [2.05, 4.69) is 19.7 Å². The van der Waals surface area contributed by atoms with Crippen LogP contribution in [0.3, 0.4) is 0 Å². The molecule has 3 rings (SSSR count). The van der Waals surface area contributed by atoms with Crippen molar-refractivity contribution in [1.82, 2.24) is 9.71 Å². The molecule has 1 aromatic heterocycles. The first-order valence-corrected chi connectivity index (χ1v) is 11.6. The number of anilines is 3. The molecule has 12 heteroatoms. The molecule has 6 nitrogen and oxygen atoms in total. The maximum atomic E-state index is 14.7. The van der Waals surface area contributed by atoms with Gasteiger partial charge in [-0.3, -0.25) is 4.72 Å². The van der Waals surface area contributed by atoms with Crippen molar-refractivity contribution in [3.05, 3.63) is 56.2 Å². The number of rotatable bonds is 7. The van der Waals surface area contributed by atoms with Crippen LogP contribution in [-0.4, -0.2) is 19.9 Å². The van der Waals surface area contributed by atoms with E-state index in [4.69, 9.17) is 0 Å². The molecule has 0 radical (unpaired) electrons. The standard InChI is InChI=1S/C17H14F3IN4O2S2/c1-2-23-29(26,27)25-16-10(14-7-28-8-22-14)6-12(19)15(20)17(16)24-13-4-3-9(21)5-11(13)18/h3-8,23-25H,2H2,1H3. The number of hydrogen-bond acceptors (Lipinski definition) is 5. The molecule has 29 heavy (non-hydrogen) atoms. The first-order valence-electron chi connectivity index (χ1n) is 8.12. The van der Waals surface area contributed by atoms with Gasteiger partial charge in [0.25, 0.3) is 10.2 Å². The Morgan fingerprint density at radius 1 is 1.14 bits per heavy atom. The zero-order valence-corrected chi connectivity index (χ0v) is 18.6. The molecule has 0 aliphatic rings. The van der Waals surface area contributed by atoms with Crippen molar-refractivity contribution in [3.63, 3.8) is 0 Å². The highest BCUT2D eigenvalue weighted by atomic mass is 127. The van der Waals surface area contributed by atoms with Crippen molar-refractivity contribution >= 4 is 61.2 Å². The lowest BCUT2D eigenvalue weighted by atomic mass is 10.1. The number of nitrogens with zero attached hydrogens (tertiary/aromatic N) is 1. The lowest BCUT2D eigenvalue weighted by Gasteiger charge is -2.19. The summed E-state index contributed by atoms with van der Waals surface area (Å²) in [6.45, 7) is 1.63. The minimum absolute atomic E-state index is 0.0000444. The Kier molecular flexibility index (Phi) is 6.65. The van der Waals surface area contributed by atoms with Crippen LogP contribution in [0.25, 0.3) is 11.3 Å². The van der Waals surface area contributed by atoms with Crippen molar-refractivity contribution in [2.24, 2.45) is 0 Å². The van der Waals surface area contributed by atoms with Gasteiger partial charge in [-0.15, -0.1) is 11.3 Å². The Bertz CT molecular complexity index is 1140.